The third-order valence-electron chi connectivity index (χ3n) is 6.64. The number of nitrogens with one attached hydrogen (secondary N) is 1. The van der Waals surface area contributed by atoms with E-state index < -0.39 is 0 Å². The van der Waals surface area contributed by atoms with Gasteiger partial charge in [0.2, 0.25) is 0 Å². The first kappa shape index (κ1) is 20.1. The minimum atomic E-state index is 0.205. The fourth-order valence-corrected chi connectivity index (χ4v) is 4.96. The maximum Gasteiger partial charge on any atom is 0.162 e. The number of nitrogens with zero attached hydrogens (tertiary/aromatic N) is 6. The summed E-state index contributed by atoms with van der Waals surface area (Å²) in [6, 6.07) is 10.6. The SMILES string of the molecule is Cc1cnn(C)c1-c1ccc2nc(-c3cccc4c3CCN4)nc(N3CCOC[C@H]3C)c2n1. The Kier molecular flexibility index (Phi) is 4.76. The van der Waals surface area contributed by atoms with Crippen molar-refractivity contribution in [2.75, 3.05) is 36.5 Å². The molecule has 0 spiro atoms. The number of hydrogen-bond donors (Lipinski definition) is 1. The van der Waals surface area contributed by atoms with Gasteiger partial charge in [-0.2, -0.15) is 5.10 Å². The summed E-state index contributed by atoms with van der Waals surface area (Å²) in [4.78, 5) is 17.5. The van der Waals surface area contributed by atoms with Crippen molar-refractivity contribution in [1.29, 1.82) is 0 Å². The second-order valence-corrected chi connectivity index (χ2v) is 8.86. The standard InChI is InChI=1S/C25H27N7O/c1-15-13-27-31(3)23(15)21-8-7-20-22(28-21)25(32-11-12-33-14-16(32)2)30-24(29-20)18-5-4-6-19-17(18)9-10-26-19/h4-8,13,16,26H,9-12,14H2,1-3H3/t16-/m1/s1. The maximum absolute atomic E-state index is 5.71. The Morgan fingerprint density at radius 2 is 2.03 bits per heavy atom. The van der Waals surface area contributed by atoms with Gasteiger partial charge in [0.1, 0.15) is 5.52 Å². The smallest absolute Gasteiger partial charge is 0.162 e. The van der Waals surface area contributed by atoms with Crippen molar-refractivity contribution >= 4 is 22.5 Å². The van der Waals surface area contributed by atoms with E-state index in [0.29, 0.717) is 13.2 Å². The number of ether oxygens (including phenoxy) is 1. The van der Waals surface area contributed by atoms with Crippen molar-refractivity contribution in [2.24, 2.45) is 7.05 Å². The van der Waals surface area contributed by atoms with Crippen LogP contribution in [0.2, 0.25) is 0 Å². The predicted octanol–water partition coefficient (Wildman–Crippen LogP) is 3.59. The molecule has 8 nitrogen and oxygen atoms in total. The molecule has 0 bridgehead atoms. The third-order valence-corrected chi connectivity index (χ3v) is 6.64. The van der Waals surface area contributed by atoms with E-state index in [-0.39, 0.29) is 6.04 Å². The number of aromatic nitrogens is 5. The summed E-state index contributed by atoms with van der Waals surface area (Å²) in [5, 5.41) is 7.86. The van der Waals surface area contributed by atoms with Gasteiger partial charge in [-0.05, 0) is 49.6 Å². The molecule has 0 unspecified atom stereocenters. The molecule has 2 aliphatic heterocycles. The molecule has 6 rings (SSSR count). The van der Waals surface area contributed by atoms with Crippen molar-refractivity contribution in [3.8, 4) is 22.8 Å². The summed E-state index contributed by atoms with van der Waals surface area (Å²) in [5.74, 6) is 1.62. The van der Waals surface area contributed by atoms with Crippen LogP contribution in [0.25, 0.3) is 33.8 Å². The van der Waals surface area contributed by atoms with Gasteiger partial charge >= 0.3 is 0 Å². The Morgan fingerprint density at radius 1 is 1.12 bits per heavy atom. The number of anilines is 2. The van der Waals surface area contributed by atoms with Crippen molar-refractivity contribution in [3.05, 3.63) is 47.7 Å². The highest BCUT2D eigenvalue weighted by molar-refractivity contribution is 5.90. The van der Waals surface area contributed by atoms with E-state index in [1.54, 1.807) is 0 Å². The van der Waals surface area contributed by atoms with Gasteiger partial charge in [0.25, 0.3) is 0 Å². The Morgan fingerprint density at radius 3 is 2.85 bits per heavy atom. The topological polar surface area (TPSA) is 81.0 Å². The molecule has 33 heavy (non-hydrogen) atoms. The monoisotopic (exact) mass is 441 g/mol. The van der Waals surface area contributed by atoms with Gasteiger partial charge in [-0.15, -0.1) is 0 Å². The summed E-state index contributed by atoms with van der Waals surface area (Å²) in [7, 11) is 1.95. The molecular weight excluding hydrogens is 414 g/mol. The van der Waals surface area contributed by atoms with Crippen LogP contribution in [0.5, 0.6) is 0 Å². The van der Waals surface area contributed by atoms with E-state index in [0.717, 1.165) is 64.7 Å². The molecule has 0 radical (unpaired) electrons. The summed E-state index contributed by atoms with van der Waals surface area (Å²) in [6.45, 7) is 7.30. The summed E-state index contributed by atoms with van der Waals surface area (Å²) in [6.07, 6.45) is 2.85. The first-order valence-electron chi connectivity index (χ1n) is 11.5. The van der Waals surface area contributed by atoms with Crippen LogP contribution >= 0.6 is 0 Å². The van der Waals surface area contributed by atoms with Crippen LogP contribution in [0.1, 0.15) is 18.1 Å². The zero-order chi connectivity index (χ0) is 22.5. The van der Waals surface area contributed by atoms with Crippen LogP contribution in [-0.4, -0.2) is 57.1 Å². The summed E-state index contributed by atoms with van der Waals surface area (Å²) >= 11 is 0. The van der Waals surface area contributed by atoms with E-state index in [2.05, 4.69) is 53.4 Å². The Hall–Kier alpha value is -3.52. The van der Waals surface area contributed by atoms with E-state index >= 15 is 0 Å². The van der Waals surface area contributed by atoms with Gasteiger partial charge in [-0.3, -0.25) is 4.68 Å². The number of rotatable bonds is 3. The van der Waals surface area contributed by atoms with E-state index in [1.807, 2.05) is 24.0 Å². The van der Waals surface area contributed by atoms with Gasteiger partial charge < -0.3 is 15.0 Å². The first-order chi connectivity index (χ1) is 16.1. The molecule has 3 aromatic heterocycles. The highest BCUT2D eigenvalue weighted by atomic mass is 16.5. The molecule has 1 aromatic carbocycles. The zero-order valence-electron chi connectivity index (χ0n) is 19.2. The molecule has 1 fully saturated rings. The van der Waals surface area contributed by atoms with Crippen molar-refractivity contribution < 1.29 is 4.74 Å². The molecule has 0 aliphatic carbocycles. The number of fused-ring (bicyclic) bond motifs is 2. The Labute approximate surface area is 192 Å². The van der Waals surface area contributed by atoms with E-state index in [4.69, 9.17) is 19.7 Å². The highest BCUT2D eigenvalue weighted by Gasteiger charge is 2.26. The second kappa shape index (κ2) is 7.81. The fraction of sp³-hybridized carbons (Fsp3) is 0.360. The number of benzene rings is 1. The molecule has 8 heteroatoms. The summed E-state index contributed by atoms with van der Waals surface area (Å²) in [5.41, 5.74) is 8.20. The lowest BCUT2D eigenvalue weighted by molar-refractivity contribution is 0.0987. The average molecular weight is 442 g/mol. The van der Waals surface area contributed by atoms with Gasteiger partial charge in [0.15, 0.2) is 11.6 Å². The molecule has 0 saturated carbocycles. The summed E-state index contributed by atoms with van der Waals surface area (Å²) < 4.78 is 7.58. The molecule has 2 aliphatic rings. The lowest BCUT2D eigenvalue weighted by atomic mass is 10.0. The molecular formula is C25H27N7O. The third kappa shape index (κ3) is 3.33. The molecule has 1 atom stereocenters. The van der Waals surface area contributed by atoms with Crippen LogP contribution in [-0.2, 0) is 18.2 Å². The highest BCUT2D eigenvalue weighted by Crippen LogP contribution is 2.35. The number of morpholine rings is 1. The van der Waals surface area contributed by atoms with Crippen LogP contribution < -0.4 is 10.2 Å². The van der Waals surface area contributed by atoms with Crippen LogP contribution in [0.15, 0.2) is 36.5 Å². The first-order valence-corrected chi connectivity index (χ1v) is 11.5. The lowest BCUT2D eigenvalue weighted by Crippen LogP contribution is -2.44. The number of pyridine rings is 1. The zero-order valence-corrected chi connectivity index (χ0v) is 19.2. The van der Waals surface area contributed by atoms with Crippen molar-refractivity contribution in [2.45, 2.75) is 26.3 Å². The number of hydrogen-bond acceptors (Lipinski definition) is 7. The average Bonchev–Trinajstić information content (AvgIpc) is 3.44. The number of aryl methyl sites for hydroxylation is 2. The van der Waals surface area contributed by atoms with E-state index in [1.165, 1.54) is 11.3 Å². The molecule has 168 valence electrons. The minimum Gasteiger partial charge on any atom is -0.384 e. The Bertz CT molecular complexity index is 1340. The molecule has 4 aromatic rings. The van der Waals surface area contributed by atoms with Crippen LogP contribution in [0.3, 0.4) is 0 Å². The van der Waals surface area contributed by atoms with Crippen molar-refractivity contribution in [3.63, 3.8) is 0 Å². The predicted molar refractivity (Wildman–Crippen MR) is 130 cm³/mol. The largest absolute Gasteiger partial charge is 0.384 e. The molecule has 1 saturated heterocycles. The molecule has 5 heterocycles. The second-order valence-electron chi connectivity index (χ2n) is 8.86. The lowest BCUT2D eigenvalue weighted by Gasteiger charge is -2.34. The minimum absolute atomic E-state index is 0.205. The Balaban J connectivity index is 1.58. The molecule has 1 N–H and O–H groups in total. The van der Waals surface area contributed by atoms with Crippen molar-refractivity contribution in [1.82, 2.24) is 24.7 Å². The quantitative estimate of drug-likeness (QED) is 0.520. The maximum atomic E-state index is 5.71. The van der Waals surface area contributed by atoms with Crippen LogP contribution in [0.4, 0.5) is 11.5 Å². The van der Waals surface area contributed by atoms with Gasteiger partial charge in [-0.25, -0.2) is 15.0 Å². The van der Waals surface area contributed by atoms with Crippen LogP contribution in [0, 0.1) is 6.92 Å². The van der Waals surface area contributed by atoms with Gasteiger partial charge in [0, 0.05) is 31.4 Å². The van der Waals surface area contributed by atoms with Gasteiger partial charge in [-0.1, -0.05) is 12.1 Å². The van der Waals surface area contributed by atoms with E-state index in [9.17, 15) is 0 Å². The normalized spacial score (nSPS) is 17.9. The molecule has 0 amide bonds. The van der Waals surface area contributed by atoms with Gasteiger partial charge in [0.05, 0.1) is 42.4 Å². The fourth-order valence-electron chi connectivity index (χ4n) is 4.96.